The highest BCUT2D eigenvalue weighted by atomic mass is 32.2. The molecule has 2 aliphatic rings. The number of carboxylic acid groups (broad SMARTS) is 2. The number of nitrogens with zero attached hydrogens (tertiary/aromatic N) is 2. The van der Waals surface area contributed by atoms with E-state index in [1.165, 1.54) is 23.0 Å². The van der Waals surface area contributed by atoms with Gasteiger partial charge in [0.1, 0.15) is 12.1 Å². The van der Waals surface area contributed by atoms with Gasteiger partial charge in [0, 0.05) is 43.1 Å². The number of imidazole rings is 1. The number of aliphatic carboxylic acids is 2. The lowest BCUT2D eigenvalue weighted by atomic mass is 10.1. The van der Waals surface area contributed by atoms with E-state index in [-0.39, 0.29) is 29.4 Å². The van der Waals surface area contributed by atoms with Gasteiger partial charge in [-0.3, -0.25) is 14.4 Å². The zero-order valence-electron chi connectivity index (χ0n) is 19.1. The van der Waals surface area contributed by atoms with E-state index in [2.05, 4.69) is 20.6 Å². The fraction of sp³-hybridized carbons (Fsp3) is 0.600. The second kappa shape index (κ2) is 12.6. The Labute approximate surface area is 207 Å². The van der Waals surface area contributed by atoms with E-state index in [0.29, 0.717) is 31.6 Å². The van der Waals surface area contributed by atoms with Gasteiger partial charge in [-0.25, -0.2) is 14.6 Å². The molecule has 0 aromatic carbocycles. The molecular formula is C20H26F3N5O7S. The zero-order chi connectivity index (χ0) is 27.0. The van der Waals surface area contributed by atoms with E-state index in [9.17, 15) is 37.5 Å². The summed E-state index contributed by atoms with van der Waals surface area (Å²) in [6, 6.07) is -2.03. The Morgan fingerprint density at radius 1 is 1.31 bits per heavy atom. The number of hydrogen-bond donors (Lipinski definition) is 5. The van der Waals surface area contributed by atoms with Gasteiger partial charge in [-0.1, -0.05) is 0 Å². The summed E-state index contributed by atoms with van der Waals surface area (Å²) in [5.41, 5.74) is 0.745. The smallest absolute Gasteiger partial charge is 0.480 e. The van der Waals surface area contributed by atoms with Crippen molar-refractivity contribution in [1.82, 2.24) is 25.5 Å². The van der Waals surface area contributed by atoms with Gasteiger partial charge in [-0.2, -0.15) is 13.2 Å². The molecule has 16 heteroatoms. The van der Waals surface area contributed by atoms with E-state index in [0.717, 1.165) is 5.69 Å². The number of aromatic nitrogens is 2. The summed E-state index contributed by atoms with van der Waals surface area (Å²) in [7, 11) is 0. The second-order valence-corrected chi connectivity index (χ2v) is 9.49. The van der Waals surface area contributed by atoms with Crippen LogP contribution in [0.4, 0.5) is 13.2 Å². The number of amides is 3. The third-order valence-corrected chi connectivity index (χ3v) is 6.64. The van der Waals surface area contributed by atoms with Gasteiger partial charge in [-0.15, -0.1) is 11.8 Å². The van der Waals surface area contributed by atoms with E-state index in [1.54, 1.807) is 13.1 Å². The predicted octanol–water partition coefficient (Wildman–Crippen LogP) is 0.156. The minimum Gasteiger partial charge on any atom is -0.480 e. The van der Waals surface area contributed by atoms with Gasteiger partial charge in [0.25, 0.3) is 0 Å². The highest BCUT2D eigenvalue weighted by Gasteiger charge is 2.38. The average molecular weight is 538 g/mol. The Morgan fingerprint density at radius 3 is 2.50 bits per heavy atom. The summed E-state index contributed by atoms with van der Waals surface area (Å²) in [5, 5.41) is 21.8. The van der Waals surface area contributed by atoms with Gasteiger partial charge < -0.3 is 30.7 Å². The summed E-state index contributed by atoms with van der Waals surface area (Å²) in [6.45, 7) is 2.18. The van der Waals surface area contributed by atoms with Crippen LogP contribution in [-0.4, -0.2) is 96.6 Å². The molecule has 36 heavy (non-hydrogen) atoms. The minimum atomic E-state index is -5.08. The molecule has 4 atom stereocenters. The third-order valence-electron chi connectivity index (χ3n) is 5.40. The molecule has 3 rings (SSSR count). The fourth-order valence-corrected chi connectivity index (χ4v) is 4.51. The standard InChI is InChI=1S/C18H25N5O5S.C2HF3O2/c1-10-16(25)22-13(8-29-10)17(26)21-11(5-12-7-19-9-20-12)6-15(24)23-4-2-3-14(23)18(27)28;3-2(4,5)1(6)7/h7,9-11,13-14H,2-6,8H2,1H3,(H,19,20)(H,21,26)(H,22,25)(H,27,28);(H,6,7)/t10-,11+,13+,14+;/m1./s1. The zero-order valence-corrected chi connectivity index (χ0v) is 19.9. The molecule has 3 heterocycles. The van der Waals surface area contributed by atoms with Gasteiger partial charge in [0.05, 0.1) is 11.6 Å². The largest absolute Gasteiger partial charge is 0.490 e. The molecule has 0 saturated carbocycles. The summed E-state index contributed by atoms with van der Waals surface area (Å²) in [4.78, 5) is 65.9. The summed E-state index contributed by atoms with van der Waals surface area (Å²) >= 11 is 1.40. The molecule has 0 radical (unpaired) electrons. The molecule has 2 saturated heterocycles. The van der Waals surface area contributed by atoms with Crippen LogP contribution in [0.1, 0.15) is 31.9 Å². The van der Waals surface area contributed by atoms with Crippen LogP contribution in [0, 0.1) is 0 Å². The molecule has 0 bridgehead atoms. The maximum Gasteiger partial charge on any atom is 0.490 e. The maximum atomic E-state index is 12.8. The van der Waals surface area contributed by atoms with Crippen molar-refractivity contribution < 1.29 is 47.4 Å². The SMILES string of the molecule is C[C@H]1SC[C@@H](C(=O)N[C@H](CC(=O)N2CCC[C@H]2C(=O)O)Cc2cnc[nH]2)NC1=O.O=C(O)C(F)(F)F. The van der Waals surface area contributed by atoms with Gasteiger partial charge >= 0.3 is 18.1 Å². The van der Waals surface area contributed by atoms with Crippen LogP contribution in [-0.2, 0) is 30.4 Å². The molecule has 0 spiro atoms. The van der Waals surface area contributed by atoms with E-state index in [4.69, 9.17) is 9.90 Å². The van der Waals surface area contributed by atoms with Crippen molar-refractivity contribution in [1.29, 1.82) is 0 Å². The van der Waals surface area contributed by atoms with Gasteiger partial charge in [0.2, 0.25) is 17.7 Å². The van der Waals surface area contributed by atoms with Crippen molar-refractivity contribution in [2.75, 3.05) is 12.3 Å². The second-order valence-electron chi connectivity index (χ2n) is 8.11. The number of aromatic amines is 1. The summed E-state index contributed by atoms with van der Waals surface area (Å²) in [5.74, 6) is -4.17. The van der Waals surface area contributed by atoms with Crippen LogP contribution in [0.15, 0.2) is 12.5 Å². The average Bonchev–Trinajstić information content (AvgIpc) is 3.47. The number of likely N-dealkylation sites (tertiary alicyclic amines) is 1. The number of H-pyrrole nitrogens is 1. The quantitative estimate of drug-likeness (QED) is 0.323. The molecule has 0 unspecified atom stereocenters. The molecule has 5 N–H and O–H groups in total. The van der Waals surface area contributed by atoms with E-state index >= 15 is 0 Å². The lowest BCUT2D eigenvalue weighted by Crippen LogP contribution is -2.56. The maximum absolute atomic E-state index is 12.8. The first-order valence-electron chi connectivity index (χ1n) is 10.8. The fourth-order valence-electron chi connectivity index (χ4n) is 3.58. The lowest BCUT2D eigenvalue weighted by Gasteiger charge is -2.29. The number of thioether (sulfide) groups is 1. The number of halogens is 3. The van der Waals surface area contributed by atoms with Crippen molar-refractivity contribution in [2.24, 2.45) is 0 Å². The van der Waals surface area contributed by atoms with Gasteiger partial charge in [0.15, 0.2) is 0 Å². The van der Waals surface area contributed by atoms with Crippen LogP contribution in [0.2, 0.25) is 0 Å². The van der Waals surface area contributed by atoms with Crippen molar-refractivity contribution in [3.05, 3.63) is 18.2 Å². The summed E-state index contributed by atoms with van der Waals surface area (Å²) < 4.78 is 31.7. The lowest BCUT2D eigenvalue weighted by molar-refractivity contribution is -0.192. The van der Waals surface area contributed by atoms with Crippen molar-refractivity contribution >= 4 is 41.4 Å². The Balaban J connectivity index is 0.000000572. The predicted molar refractivity (Wildman–Crippen MR) is 119 cm³/mol. The molecule has 0 aliphatic carbocycles. The Morgan fingerprint density at radius 2 is 1.97 bits per heavy atom. The van der Waals surface area contributed by atoms with E-state index < -0.39 is 36.2 Å². The molecule has 3 amide bonds. The van der Waals surface area contributed by atoms with Crippen LogP contribution < -0.4 is 10.6 Å². The van der Waals surface area contributed by atoms with E-state index in [1.807, 2.05) is 0 Å². The highest BCUT2D eigenvalue weighted by molar-refractivity contribution is 8.00. The van der Waals surface area contributed by atoms with Crippen LogP contribution >= 0.6 is 11.8 Å². The number of carbonyl (C=O) groups excluding carboxylic acids is 3. The number of hydrogen-bond acceptors (Lipinski definition) is 7. The molecule has 2 fully saturated rings. The molecule has 200 valence electrons. The first-order chi connectivity index (χ1) is 16.8. The van der Waals surface area contributed by atoms with Crippen LogP contribution in [0.25, 0.3) is 0 Å². The first-order valence-corrected chi connectivity index (χ1v) is 11.9. The number of nitrogens with one attached hydrogen (secondary N) is 3. The number of carbonyl (C=O) groups is 5. The normalized spacial score (nSPS) is 22.6. The minimum absolute atomic E-state index is 0.0290. The number of rotatable bonds is 7. The van der Waals surface area contributed by atoms with Gasteiger partial charge in [-0.05, 0) is 19.8 Å². The first kappa shape index (κ1) is 28.9. The summed E-state index contributed by atoms with van der Waals surface area (Å²) in [6.07, 6.45) is -0.576. The molecular weight excluding hydrogens is 511 g/mol. The molecule has 2 aliphatic heterocycles. The van der Waals surface area contributed by atoms with Crippen molar-refractivity contribution in [3.63, 3.8) is 0 Å². The highest BCUT2D eigenvalue weighted by Crippen LogP contribution is 2.20. The Bertz CT molecular complexity index is 960. The third kappa shape index (κ3) is 8.42. The van der Waals surface area contributed by atoms with Crippen LogP contribution in [0.5, 0.6) is 0 Å². The topological polar surface area (TPSA) is 182 Å². The molecule has 1 aromatic heterocycles. The number of alkyl halides is 3. The van der Waals surface area contributed by atoms with Crippen molar-refractivity contribution in [2.45, 2.75) is 62.2 Å². The monoisotopic (exact) mass is 537 g/mol. The molecule has 1 aromatic rings. The van der Waals surface area contributed by atoms with Crippen LogP contribution in [0.3, 0.4) is 0 Å². The Hall–Kier alpha value is -3.30. The number of carboxylic acids is 2. The van der Waals surface area contributed by atoms with Crippen molar-refractivity contribution in [3.8, 4) is 0 Å². The molecule has 12 nitrogen and oxygen atoms in total. The Kier molecular flexibility index (Phi) is 10.1.